The maximum Gasteiger partial charge on any atom is 0.239 e. The highest BCUT2D eigenvalue weighted by atomic mass is 16.2. The molecule has 20 heavy (non-hydrogen) atoms. The predicted molar refractivity (Wildman–Crippen MR) is 80.3 cm³/mol. The third-order valence-corrected chi connectivity index (χ3v) is 4.17. The molecule has 1 aliphatic rings. The molecule has 1 saturated heterocycles. The fourth-order valence-corrected chi connectivity index (χ4v) is 2.82. The lowest BCUT2D eigenvalue weighted by Gasteiger charge is -2.36. The Morgan fingerprint density at radius 2 is 1.95 bits per heavy atom. The highest BCUT2D eigenvalue weighted by molar-refractivity contribution is 5.88. The number of carbonyl (C=O) groups excluding carboxylic acids is 2. The van der Waals surface area contributed by atoms with E-state index in [1.165, 1.54) is 0 Å². The molecule has 0 aromatic rings. The van der Waals surface area contributed by atoms with Gasteiger partial charge in [0.1, 0.15) is 0 Å². The zero-order valence-corrected chi connectivity index (χ0v) is 13.5. The number of hydrogen-bond acceptors (Lipinski definition) is 3. The Morgan fingerprint density at radius 3 is 2.35 bits per heavy atom. The molecule has 5 nitrogen and oxygen atoms in total. The molecule has 1 heterocycles. The standard InChI is InChI=1S/C15H29N3O2/c1-6-18(9-13(19)17-12(4)5)14(20)15(11(2)3)7-8-16-10-15/h11-12,16H,6-10H2,1-5H3,(H,17,19). The fraction of sp³-hybridized carbons (Fsp3) is 0.867. The first kappa shape index (κ1) is 17.0. The summed E-state index contributed by atoms with van der Waals surface area (Å²) in [5.41, 5.74) is -0.353. The normalized spacial score (nSPS) is 22.4. The van der Waals surface area contributed by atoms with Crippen molar-refractivity contribution >= 4 is 11.8 Å². The second-order valence-electron chi connectivity index (χ2n) is 6.28. The maximum absolute atomic E-state index is 12.9. The first-order chi connectivity index (χ1) is 9.33. The van der Waals surface area contributed by atoms with Gasteiger partial charge in [-0.15, -0.1) is 0 Å². The minimum Gasteiger partial charge on any atom is -0.352 e. The highest BCUT2D eigenvalue weighted by Crippen LogP contribution is 2.36. The van der Waals surface area contributed by atoms with Gasteiger partial charge in [-0.25, -0.2) is 0 Å². The molecule has 1 atom stereocenters. The molecule has 0 spiro atoms. The number of amides is 2. The van der Waals surface area contributed by atoms with Gasteiger partial charge in [-0.3, -0.25) is 9.59 Å². The maximum atomic E-state index is 12.9. The van der Waals surface area contributed by atoms with Crippen molar-refractivity contribution in [2.75, 3.05) is 26.2 Å². The second-order valence-corrected chi connectivity index (χ2v) is 6.28. The Kier molecular flexibility index (Phi) is 5.99. The van der Waals surface area contributed by atoms with Crippen molar-refractivity contribution in [1.82, 2.24) is 15.5 Å². The Hall–Kier alpha value is -1.10. The summed E-state index contributed by atoms with van der Waals surface area (Å²) >= 11 is 0. The lowest BCUT2D eigenvalue weighted by Crippen LogP contribution is -2.51. The van der Waals surface area contributed by atoms with E-state index in [4.69, 9.17) is 0 Å². The lowest BCUT2D eigenvalue weighted by atomic mass is 9.75. The van der Waals surface area contributed by atoms with Crippen molar-refractivity contribution in [2.45, 2.75) is 47.1 Å². The Morgan fingerprint density at radius 1 is 1.30 bits per heavy atom. The minimum atomic E-state index is -0.353. The molecular formula is C15H29N3O2. The monoisotopic (exact) mass is 283 g/mol. The molecule has 0 aliphatic carbocycles. The molecule has 0 aromatic carbocycles. The van der Waals surface area contributed by atoms with E-state index in [2.05, 4.69) is 24.5 Å². The summed E-state index contributed by atoms with van der Waals surface area (Å²) in [6, 6.07) is 0.100. The predicted octanol–water partition coefficient (Wildman–Crippen LogP) is 0.995. The average Bonchev–Trinajstić information content (AvgIpc) is 2.84. The van der Waals surface area contributed by atoms with Crippen molar-refractivity contribution in [1.29, 1.82) is 0 Å². The third-order valence-electron chi connectivity index (χ3n) is 4.17. The van der Waals surface area contributed by atoms with Crippen LogP contribution in [0.3, 0.4) is 0 Å². The largest absolute Gasteiger partial charge is 0.352 e. The number of rotatable bonds is 6. The van der Waals surface area contributed by atoms with Gasteiger partial charge in [0.05, 0.1) is 12.0 Å². The van der Waals surface area contributed by atoms with Gasteiger partial charge in [0.2, 0.25) is 11.8 Å². The summed E-state index contributed by atoms with van der Waals surface area (Å²) in [6.45, 7) is 12.3. The first-order valence-corrected chi connectivity index (χ1v) is 7.63. The highest BCUT2D eigenvalue weighted by Gasteiger charge is 2.45. The van der Waals surface area contributed by atoms with Gasteiger partial charge in [0.25, 0.3) is 0 Å². The molecule has 1 unspecified atom stereocenters. The van der Waals surface area contributed by atoms with Crippen molar-refractivity contribution in [3.63, 3.8) is 0 Å². The molecule has 1 rings (SSSR count). The van der Waals surface area contributed by atoms with E-state index in [9.17, 15) is 9.59 Å². The van der Waals surface area contributed by atoms with Gasteiger partial charge in [0.15, 0.2) is 0 Å². The molecule has 116 valence electrons. The van der Waals surface area contributed by atoms with Crippen LogP contribution in [0.15, 0.2) is 0 Å². The summed E-state index contributed by atoms with van der Waals surface area (Å²) in [6.07, 6.45) is 0.853. The van der Waals surface area contributed by atoms with Crippen LogP contribution >= 0.6 is 0 Å². The van der Waals surface area contributed by atoms with Crippen molar-refractivity contribution in [3.05, 3.63) is 0 Å². The van der Waals surface area contributed by atoms with Gasteiger partial charge >= 0.3 is 0 Å². The topological polar surface area (TPSA) is 61.4 Å². The van der Waals surface area contributed by atoms with Gasteiger partial charge in [-0.05, 0) is 39.7 Å². The van der Waals surface area contributed by atoms with Crippen LogP contribution in [-0.4, -0.2) is 48.9 Å². The summed E-state index contributed by atoms with van der Waals surface area (Å²) in [7, 11) is 0. The van der Waals surface area contributed by atoms with E-state index >= 15 is 0 Å². The van der Waals surface area contributed by atoms with E-state index in [0.29, 0.717) is 13.1 Å². The van der Waals surface area contributed by atoms with Crippen molar-refractivity contribution < 1.29 is 9.59 Å². The van der Waals surface area contributed by atoms with E-state index in [1.807, 2.05) is 20.8 Å². The summed E-state index contributed by atoms with van der Waals surface area (Å²) in [5.74, 6) is 0.297. The molecule has 1 aliphatic heterocycles. The molecule has 2 amide bonds. The number of carbonyl (C=O) groups is 2. The third kappa shape index (κ3) is 3.72. The number of hydrogen-bond donors (Lipinski definition) is 2. The number of nitrogens with one attached hydrogen (secondary N) is 2. The Balaban J connectivity index is 2.77. The zero-order valence-electron chi connectivity index (χ0n) is 13.5. The van der Waals surface area contributed by atoms with Crippen LogP contribution < -0.4 is 10.6 Å². The number of nitrogens with zero attached hydrogens (tertiary/aromatic N) is 1. The van der Waals surface area contributed by atoms with E-state index in [-0.39, 0.29) is 35.7 Å². The van der Waals surface area contributed by atoms with Crippen molar-refractivity contribution in [3.8, 4) is 0 Å². The van der Waals surface area contributed by atoms with Crippen LogP contribution in [0.1, 0.15) is 41.0 Å². The molecule has 0 bridgehead atoms. The van der Waals surface area contributed by atoms with Crippen LogP contribution in [0.2, 0.25) is 0 Å². The van der Waals surface area contributed by atoms with Crippen LogP contribution in [0.5, 0.6) is 0 Å². The zero-order chi connectivity index (χ0) is 15.3. The fourth-order valence-electron chi connectivity index (χ4n) is 2.82. The van der Waals surface area contributed by atoms with E-state index in [1.54, 1.807) is 4.90 Å². The van der Waals surface area contributed by atoms with Gasteiger partial charge in [-0.1, -0.05) is 13.8 Å². The molecule has 5 heteroatoms. The van der Waals surface area contributed by atoms with Crippen LogP contribution in [0.4, 0.5) is 0 Å². The molecular weight excluding hydrogens is 254 g/mol. The number of likely N-dealkylation sites (N-methyl/N-ethyl adjacent to an activating group) is 1. The van der Waals surface area contributed by atoms with Crippen molar-refractivity contribution in [2.24, 2.45) is 11.3 Å². The quantitative estimate of drug-likeness (QED) is 0.764. The van der Waals surface area contributed by atoms with Gasteiger partial charge < -0.3 is 15.5 Å². The average molecular weight is 283 g/mol. The summed E-state index contributed by atoms with van der Waals surface area (Å²) < 4.78 is 0. The van der Waals surface area contributed by atoms with Gasteiger partial charge in [-0.2, -0.15) is 0 Å². The van der Waals surface area contributed by atoms with Crippen LogP contribution in [0, 0.1) is 11.3 Å². The Labute approximate surface area is 122 Å². The summed E-state index contributed by atoms with van der Waals surface area (Å²) in [4.78, 5) is 26.4. The Bertz CT molecular complexity index is 347. The molecule has 0 aromatic heterocycles. The molecule has 2 N–H and O–H groups in total. The van der Waals surface area contributed by atoms with Gasteiger partial charge in [0, 0.05) is 19.1 Å². The molecule has 0 radical (unpaired) electrons. The van der Waals surface area contributed by atoms with Crippen LogP contribution in [0.25, 0.3) is 0 Å². The second kappa shape index (κ2) is 7.07. The summed E-state index contributed by atoms with van der Waals surface area (Å²) in [5, 5.41) is 6.14. The smallest absolute Gasteiger partial charge is 0.239 e. The first-order valence-electron chi connectivity index (χ1n) is 7.63. The van der Waals surface area contributed by atoms with E-state index in [0.717, 1.165) is 13.0 Å². The molecule has 0 saturated carbocycles. The minimum absolute atomic E-state index is 0.0833. The van der Waals surface area contributed by atoms with E-state index < -0.39 is 0 Å². The lowest BCUT2D eigenvalue weighted by molar-refractivity contribution is -0.146. The SMILES string of the molecule is CCN(CC(=O)NC(C)C)C(=O)C1(C(C)C)CCNC1. The van der Waals surface area contributed by atoms with Crippen LogP contribution in [-0.2, 0) is 9.59 Å². The molecule has 1 fully saturated rings.